The first-order valence-electron chi connectivity index (χ1n) is 7.66. The molecule has 0 N–H and O–H groups in total. The Morgan fingerprint density at radius 3 is 2.42 bits per heavy atom. The van der Waals surface area contributed by atoms with Crippen LogP contribution in [0.1, 0.15) is 40.5 Å². The number of carbonyl (C=O) groups is 1. The van der Waals surface area contributed by atoms with Gasteiger partial charge in [-0.05, 0) is 31.0 Å². The molecule has 5 nitrogen and oxygen atoms in total. The van der Waals surface area contributed by atoms with Crippen molar-refractivity contribution in [3.8, 4) is 0 Å². The van der Waals surface area contributed by atoms with Crippen LogP contribution < -0.4 is 0 Å². The Balaban J connectivity index is 1.63. The lowest BCUT2D eigenvalue weighted by molar-refractivity contribution is -0.141. The quantitative estimate of drug-likeness (QED) is 0.846. The molecule has 0 spiro atoms. The molecule has 0 radical (unpaired) electrons. The molecule has 0 saturated carbocycles. The van der Waals surface area contributed by atoms with Gasteiger partial charge in [0.1, 0.15) is 5.69 Å². The number of hydrogen-bond acceptors (Lipinski definition) is 3. The second-order valence-electron chi connectivity index (χ2n) is 5.91. The molecule has 2 aromatic rings. The molecule has 1 fully saturated rings. The third-order valence-corrected chi connectivity index (χ3v) is 4.24. The second kappa shape index (κ2) is 6.26. The van der Waals surface area contributed by atoms with E-state index in [9.17, 15) is 18.0 Å². The van der Waals surface area contributed by atoms with Gasteiger partial charge in [0.25, 0.3) is 5.91 Å². The fraction of sp³-hybridized carbons (Fsp3) is 0.438. The minimum atomic E-state index is -4.50. The SMILES string of the molecule is Cn1ccc(C2CCN(C(=O)c3ccc(C(F)(F)F)nc3)CC2)n1. The van der Waals surface area contributed by atoms with E-state index < -0.39 is 11.9 Å². The summed E-state index contributed by atoms with van der Waals surface area (Å²) in [4.78, 5) is 17.4. The van der Waals surface area contributed by atoms with E-state index in [0.29, 0.717) is 19.0 Å². The number of amides is 1. The van der Waals surface area contributed by atoms with E-state index in [1.165, 1.54) is 6.07 Å². The lowest BCUT2D eigenvalue weighted by atomic mass is 9.93. The number of carbonyl (C=O) groups excluding carboxylic acids is 1. The second-order valence-corrected chi connectivity index (χ2v) is 5.91. The summed E-state index contributed by atoms with van der Waals surface area (Å²) in [6, 6.07) is 4.00. The van der Waals surface area contributed by atoms with Crippen LogP contribution >= 0.6 is 0 Å². The van der Waals surface area contributed by atoms with E-state index in [4.69, 9.17) is 0 Å². The van der Waals surface area contributed by atoms with Gasteiger partial charge in [0.05, 0.1) is 11.3 Å². The smallest absolute Gasteiger partial charge is 0.339 e. The number of hydrogen-bond donors (Lipinski definition) is 0. The highest BCUT2D eigenvalue weighted by atomic mass is 19.4. The maximum absolute atomic E-state index is 12.5. The zero-order chi connectivity index (χ0) is 17.3. The van der Waals surface area contributed by atoms with Gasteiger partial charge in [0.15, 0.2) is 0 Å². The lowest BCUT2D eigenvalue weighted by Crippen LogP contribution is -2.38. The number of likely N-dealkylation sites (tertiary alicyclic amines) is 1. The van der Waals surface area contributed by atoms with Gasteiger partial charge in [-0.3, -0.25) is 14.5 Å². The van der Waals surface area contributed by atoms with Gasteiger partial charge in [-0.2, -0.15) is 18.3 Å². The molecule has 128 valence electrons. The summed E-state index contributed by atoms with van der Waals surface area (Å²) in [5.41, 5.74) is 0.202. The van der Waals surface area contributed by atoms with E-state index in [0.717, 1.165) is 30.8 Å². The van der Waals surface area contributed by atoms with Gasteiger partial charge >= 0.3 is 6.18 Å². The van der Waals surface area contributed by atoms with E-state index >= 15 is 0 Å². The number of aryl methyl sites for hydroxylation is 1. The summed E-state index contributed by atoms with van der Waals surface area (Å²) in [5, 5.41) is 4.39. The van der Waals surface area contributed by atoms with Crippen LogP contribution in [0.4, 0.5) is 13.2 Å². The maximum atomic E-state index is 12.5. The number of halogens is 3. The normalized spacial score (nSPS) is 16.4. The maximum Gasteiger partial charge on any atom is 0.433 e. The third kappa shape index (κ3) is 3.42. The van der Waals surface area contributed by atoms with Crippen molar-refractivity contribution >= 4 is 5.91 Å². The molecule has 0 aliphatic carbocycles. The average Bonchev–Trinajstić information content (AvgIpc) is 3.00. The monoisotopic (exact) mass is 338 g/mol. The number of nitrogens with zero attached hydrogens (tertiary/aromatic N) is 4. The van der Waals surface area contributed by atoms with Gasteiger partial charge in [-0.15, -0.1) is 0 Å². The molecular formula is C16H17F3N4O. The molecule has 0 atom stereocenters. The Labute approximate surface area is 137 Å². The average molecular weight is 338 g/mol. The standard InChI is InChI=1S/C16H17F3N4O/c1-22-7-6-13(21-22)11-4-8-23(9-5-11)15(24)12-2-3-14(20-10-12)16(17,18)19/h2-3,6-7,10-11H,4-5,8-9H2,1H3. The van der Waals surface area contributed by atoms with Crippen LogP contribution in [-0.2, 0) is 13.2 Å². The number of alkyl halides is 3. The van der Waals surface area contributed by atoms with Crippen LogP contribution in [0, 0.1) is 0 Å². The van der Waals surface area contributed by atoms with Crippen LogP contribution in [0.2, 0.25) is 0 Å². The van der Waals surface area contributed by atoms with Crippen LogP contribution in [0.3, 0.4) is 0 Å². The lowest BCUT2D eigenvalue weighted by Gasteiger charge is -2.31. The summed E-state index contributed by atoms with van der Waals surface area (Å²) in [5.74, 6) is 0.0247. The Kier molecular flexibility index (Phi) is 4.29. The van der Waals surface area contributed by atoms with Gasteiger partial charge in [0.2, 0.25) is 0 Å². The molecular weight excluding hydrogens is 321 g/mol. The first kappa shape index (κ1) is 16.5. The third-order valence-electron chi connectivity index (χ3n) is 4.24. The van der Waals surface area contributed by atoms with E-state index in [1.807, 2.05) is 19.3 Å². The summed E-state index contributed by atoms with van der Waals surface area (Å²) < 4.78 is 39.3. The Bertz CT molecular complexity index is 716. The van der Waals surface area contributed by atoms with Crippen molar-refractivity contribution in [1.29, 1.82) is 0 Å². The van der Waals surface area contributed by atoms with Crippen molar-refractivity contribution < 1.29 is 18.0 Å². The highest BCUT2D eigenvalue weighted by Gasteiger charge is 2.33. The first-order chi connectivity index (χ1) is 11.3. The predicted molar refractivity (Wildman–Crippen MR) is 80.3 cm³/mol. The molecule has 1 saturated heterocycles. The molecule has 0 unspecified atom stereocenters. The number of aromatic nitrogens is 3. The Hall–Kier alpha value is -2.38. The topological polar surface area (TPSA) is 51.0 Å². The highest BCUT2D eigenvalue weighted by molar-refractivity contribution is 5.94. The number of rotatable bonds is 2. The van der Waals surface area contributed by atoms with Crippen molar-refractivity contribution in [2.45, 2.75) is 24.9 Å². The van der Waals surface area contributed by atoms with Crippen molar-refractivity contribution in [3.63, 3.8) is 0 Å². The van der Waals surface area contributed by atoms with Crippen LogP contribution in [-0.4, -0.2) is 38.7 Å². The fourth-order valence-corrected chi connectivity index (χ4v) is 2.90. The van der Waals surface area contributed by atoms with Crippen LogP contribution in [0.15, 0.2) is 30.6 Å². The van der Waals surface area contributed by atoms with E-state index in [1.54, 1.807) is 9.58 Å². The molecule has 3 heterocycles. The van der Waals surface area contributed by atoms with Crippen molar-refractivity contribution in [3.05, 3.63) is 47.5 Å². The Morgan fingerprint density at radius 2 is 1.92 bits per heavy atom. The van der Waals surface area contributed by atoms with E-state index in [-0.39, 0.29) is 11.5 Å². The number of pyridine rings is 1. The first-order valence-corrected chi connectivity index (χ1v) is 7.66. The van der Waals surface area contributed by atoms with Gasteiger partial charge < -0.3 is 4.90 Å². The molecule has 0 bridgehead atoms. The molecule has 1 amide bonds. The summed E-state index contributed by atoms with van der Waals surface area (Å²) in [6.45, 7) is 1.11. The summed E-state index contributed by atoms with van der Waals surface area (Å²) >= 11 is 0. The molecule has 8 heteroatoms. The zero-order valence-corrected chi connectivity index (χ0v) is 13.1. The fourth-order valence-electron chi connectivity index (χ4n) is 2.90. The summed E-state index contributed by atoms with van der Waals surface area (Å²) in [7, 11) is 1.86. The molecule has 24 heavy (non-hydrogen) atoms. The Morgan fingerprint density at radius 1 is 1.21 bits per heavy atom. The minimum absolute atomic E-state index is 0.180. The largest absolute Gasteiger partial charge is 0.433 e. The molecule has 0 aromatic carbocycles. The number of piperidine rings is 1. The summed E-state index contributed by atoms with van der Waals surface area (Å²) in [6.07, 6.45) is -0.0348. The van der Waals surface area contributed by atoms with E-state index in [2.05, 4.69) is 10.1 Å². The van der Waals surface area contributed by atoms with Crippen LogP contribution in [0.25, 0.3) is 0 Å². The van der Waals surface area contributed by atoms with Gasteiger partial charge in [-0.1, -0.05) is 0 Å². The zero-order valence-electron chi connectivity index (χ0n) is 13.1. The van der Waals surface area contributed by atoms with Crippen molar-refractivity contribution in [2.24, 2.45) is 7.05 Å². The van der Waals surface area contributed by atoms with Gasteiger partial charge in [0, 0.05) is 38.4 Å². The molecule has 1 aliphatic heterocycles. The van der Waals surface area contributed by atoms with Crippen molar-refractivity contribution in [2.75, 3.05) is 13.1 Å². The molecule has 1 aliphatic rings. The highest BCUT2D eigenvalue weighted by Crippen LogP contribution is 2.29. The molecule has 2 aromatic heterocycles. The van der Waals surface area contributed by atoms with Gasteiger partial charge in [-0.25, -0.2) is 0 Å². The minimum Gasteiger partial charge on any atom is -0.339 e. The molecule has 3 rings (SSSR count). The van der Waals surface area contributed by atoms with Crippen LogP contribution in [0.5, 0.6) is 0 Å². The van der Waals surface area contributed by atoms with Crippen molar-refractivity contribution in [1.82, 2.24) is 19.7 Å². The predicted octanol–water partition coefficient (Wildman–Crippen LogP) is 2.85.